The van der Waals surface area contributed by atoms with Crippen LogP contribution in [0.25, 0.3) is 22.3 Å². The molecule has 3 rings (SSSR count). The Morgan fingerprint density at radius 2 is 1.48 bits per heavy atom. The predicted octanol–water partition coefficient (Wildman–Crippen LogP) is 6.27. The summed E-state index contributed by atoms with van der Waals surface area (Å²) in [5.74, 6) is 0.254. The molecule has 3 aromatic rings. The smallest absolute Gasteiger partial charge is 0.410 e. The maximum absolute atomic E-state index is 12.3. The van der Waals surface area contributed by atoms with E-state index < -0.39 is 23.3 Å². The molecule has 0 fully saturated rings. The second-order valence-electron chi connectivity index (χ2n) is 9.24. The molecule has 0 unspecified atom stereocenters. The van der Waals surface area contributed by atoms with Gasteiger partial charge in [0.1, 0.15) is 11.4 Å². The maximum atomic E-state index is 12.3. The van der Waals surface area contributed by atoms with Crippen LogP contribution in [0, 0.1) is 0 Å². The largest absolute Gasteiger partial charge is 0.465 e. The standard InChI is InChI=1S/C26H29N3O4/c1-25(2,3)33-24(32)29-26(4,5)19-13-11-18(12-14-19)21-16-27-22(28-23(30)31)15-20(21)17-9-7-6-8-10-17/h6-16H,1-5H3,(H,27,28)(H,29,32)(H,30,31). The summed E-state index contributed by atoms with van der Waals surface area (Å²) in [4.78, 5) is 27.6. The zero-order valence-electron chi connectivity index (χ0n) is 19.5. The molecule has 0 saturated carbocycles. The van der Waals surface area contributed by atoms with Crippen LogP contribution in [0.3, 0.4) is 0 Å². The number of hydrogen-bond donors (Lipinski definition) is 3. The Balaban J connectivity index is 1.93. The van der Waals surface area contributed by atoms with Crippen molar-refractivity contribution in [1.29, 1.82) is 0 Å². The molecular formula is C26H29N3O4. The van der Waals surface area contributed by atoms with Crippen molar-refractivity contribution in [2.75, 3.05) is 5.32 Å². The second-order valence-corrected chi connectivity index (χ2v) is 9.24. The van der Waals surface area contributed by atoms with Gasteiger partial charge in [-0.05, 0) is 62.9 Å². The lowest BCUT2D eigenvalue weighted by atomic mass is 9.91. The summed E-state index contributed by atoms with van der Waals surface area (Å²) in [7, 11) is 0. The minimum absolute atomic E-state index is 0.254. The van der Waals surface area contributed by atoms with E-state index in [-0.39, 0.29) is 5.82 Å². The topological polar surface area (TPSA) is 101 Å². The first-order valence-corrected chi connectivity index (χ1v) is 10.6. The van der Waals surface area contributed by atoms with E-state index >= 15 is 0 Å². The summed E-state index contributed by atoms with van der Waals surface area (Å²) >= 11 is 0. The Bertz CT molecular complexity index is 1130. The Morgan fingerprint density at radius 1 is 0.879 bits per heavy atom. The highest BCUT2D eigenvalue weighted by molar-refractivity contribution is 5.88. The molecular weight excluding hydrogens is 418 g/mol. The van der Waals surface area contributed by atoms with E-state index in [0.717, 1.165) is 27.8 Å². The predicted molar refractivity (Wildman–Crippen MR) is 129 cm³/mol. The number of hydrogen-bond acceptors (Lipinski definition) is 4. The van der Waals surface area contributed by atoms with Crippen molar-refractivity contribution in [3.8, 4) is 22.3 Å². The highest BCUT2D eigenvalue weighted by atomic mass is 16.6. The molecule has 0 aliphatic carbocycles. The fourth-order valence-electron chi connectivity index (χ4n) is 3.42. The molecule has 2 amide bonds. The number of carboxylic acid groups (broad SMARTS) is 1. The van der Waals surface area contributed by atoms with Gasteiger partial charge in [0.05, 0.1) is 5.54 Å². The van der Waals surface area contributed by atoms with Crippen LogP contribution in [0.2, 0.25) is 0 Å². The quantitative estimate of drug-likeness (QED) is 0.428. The monoisotopic (exact) mass is 447 g/mol. The lowest BCUT2D eigenvalue weighted by Gasteiger charge is -2.29. The van der Waals surface area contributed by atoms with E-state index in [1.807, 2.05) is 89.2 Å². The van der Waals surface area contributed by atoms with Gasteiger partial charge < -0.3 is 15.2 Å². The van der Waals surface area contributed by atoms with Crippen molar-refractivity contribution in [2.45, 2.75) is 45.8 Å². The van der Waals surface area contributed by atoms with E-state index in [0.29, 0.717) is 0 Å². The summed E-state index contributed by atoms with van der Waals surface area (Å²) in [5, 5.41) is 14.3. The van der Waals surface area contributed by atoms with Gasteiger partial charge in [-0.15, -0.1) is 0 Å². The van der Waals surface area contributed by atoms with Crippen molar-refractivity contribution in [2.24, 2.45) is 0 Å². The van der Waals surface area contributed by atoms with Crippen LogP contribution in [-0.2, 0) is 10.3 Å². The number of amides is 2. The van der Waals surface area contributed by atoms with E-state index in [4.69, 9.17) is 9.84 Å². The number of pyridine rings is 1. The fraction of sp³-hybridized carbons (Fsp3) is 0.269. The Hall–Kier alpha value is -3.87. The molecule has 1 aromatic heterocycles. The average Bonchev–Trinajstić information content (AvgIpc) is 2.72. The average molecular weight is 448 g/mol. The minimum atomic E-state index is -1.17. The highest BCUT2D eigenvalue weighted by Crippen LogP contribution is 2.34. The lowest BCUT2D eigenvalue weighted by molar-refractivity contribution is 0.0470. The number of carbonyl (C=O) groups is 2. The molecule has 0 atom stereocenters. The zero-order valence-corrected chi connectivity index (χ0v) is 19.5. The van der Waals surface area contributed by atoms with E-state index in [1.165, 1.54) is 0 Å². The third kappa shape index (κ3) is 6.32. The van der Waals surface area contributed by atoms with Gasteiger partial charge in [-0.1, -0.05) is 54.6 Å². The van der Waals surface area contributed by atoms with Crippen LogP contribution in [-0.4, -0.2) is 27.9 Å². The SMILES string of the molecule is CC(C)(C)OC(=O)NC(C)(C)c1ccc(-c2cnc(NC(=O)O)cc2-c2ccccc2)cc1. The van der Waals surface area contributed by atoms with Gasteiger partial charge in [-0.3, -0.25) is 5.32 Å². The Morgan fingerprint density at radius 3 is 2.06 bits per heavy atom. The zero-order chi connectivity index (χ0) is 24.2. The van der Waals surface area contributed by atoms with E-state index in [1.54, 1.807) is 12.3 Å². The van der Waals surface area contributed by atoms with E-state index in [2.05, 4.69) is 15.6 Å². The van der Waals surface area contributed by atoms with Crippen LogP contribution >= 0.6 is 0 Å². The molecule has 7 heteroatoms. The number of carbonyl (C=O) groups excluding carboxylic acids is 1. The molecule has 172 valence electrons. The number of rotatable bonds is 5. The summed E-state index contributed by atoms with van der Waals surface area (Å²) < 4.78 is 5.39. The molecule has 3 N–H and O–H groups in total. The molecule has 2 aromatic carbocycles. The van der Waals surface area contributed by atoms with Gasteiger partial charge in [-0.2, -0.15) is 0 Å². The molecule has 33 heavy (non-hydrogen) atoms. The van der Waals surface area contributed by atoms with Crippen LogP contribution < -0.4 is 10.6 Å². The van der Waals surface area contributed by atoms with Gasteiger partial charge in [0, 0.05) is 11.8 Å². The third-order valence-corrected chi connectivity index (χ3v) is 4.95. The van der Waals surface area contributed by atoms with Gasteiger partial charge in [0.25, 0.3) is 0 Å². The molecule has 0 radical (unpaired) electrons. The normalized spacial score (nSPS) is 11.5. The summed E-state index contributed by atoms with van der Waals surface area (Å²) in [6.45, 7) is 9.29. The van der Waals surface area contributed by atoms with Gasteiger partial charge in [0.2, 0.25) is 0 Å². The number of benzene rings is 2. The van der Waals surface area contributed by atoms with Gasteiger partial charge in [0.15, 0.2) is 0 Å². The van der Waals surface area contributed by atoms with Crippen LogP contribution in [0.15, 0.2) is 66.9 Å². The maximum Gasteiger partial charge on any atom is 0.410 e. The number of nitrogens with zero attached hydrogens (tertiary/aromatic N) is 1. The minimum Gasteiger partial charge on any atom is -0.465 e. The highest BCUT2D eigenvalue weighted by Gasteiger charge is 2.26. The molecule has 0 aliphatic rings. The van der Waals surface area contributed by atoms with E-state index in [9.17, 15) is 9.59 Å². The first-order chi connectivity index (χ1) is 15.4. The molecule has 1 heterocycles. The van der Waals surface area contributed by atoms with Gasteiger partial charge >= 0.3 is 12.2 Å². The van der Waals surface area contributed by atoms with Crippen molar-refractivity contribution in [1.82, 2.24) is 10.3 Å². The third-order valence-electron chi connectivity index (χ3n) is 4.95. The number of alkyl carbamates (subject to hydrolysis) is 1. The molecule has 0 spiro atoms. The first-order valence-electron chi connectivity index (χ1n) is 10.6. The second kappa shape index (κ2) is 9.32. The molecule has 0 bridgehead atoms. The van der Waals surface area contributed by atoms with Crippen molar-refractivity contribution < 1.29 is 19.4 Å². The molecule has 0 saturated heterocycles. The molecule has 7 nitrogen and oxygen atoms in total. The molecule has 0 aliphatic heterocycles. The lowest BCUT2D eigenvalue weighted by Crippen LogP contribution is -2.43. The summed E-state index contributed by atoms with van der Waals surface area (Å²) in [6.07, 6.45) is 0.0131. The van der Waals surface area contributed by atoms with Crippen molar-refractivity contribution in [3.05, 3.63) is 72.4 Å². The van der Waals surface area contributed by atoms with Crippen molar-refractivity contribution >= 4 is 18.0 Å². The fourth-order valence-corrected chi connectivity index (χ4v) is 3.42. The first kappa shape index (κ1) is 23.8. The Labute approximate surface area is 193 Å². The number of aromatic nitrogens is 1. The van der Waals surface area contributed by atoms with Crippen LogP contribution in [0.1, 0.15) is 40.2 Å². The van der Waals surface area contributed by atoms with Crippen LogP contribution in [0.4, 0.5) is 15.4 Å². The van der Waals surface area contributed by atoms with Crippen molar-refractivity contribution in [3.63, 3.8) is 0 Å². The van der Waals surface area contributed by atoms with Crippen LogP contribution in [0.5, 0.6) is 0 Å². The number of ether oxygens (including phenoxy) is 1. The number of anilines is 1. The van der Waals surface area contributed by atoms with Gasteiger partial charge in [-0.25, -0.2) is 14.6 Å². The Kier molecular flexibility index (Phi) is 6.72. The summed E-state index contributed by atoms with van der Waals surface area (Å²) in [6, 6.07) is 19.3. The number of nitrogens with one attached hydrogen (secondary N) is 2. The summed E-state index contributed by atoms with van der Waals surface area (Å²) in [5.41, 5.74) is 3.27.